The van der Waals surface area contributed by atoms with E-state index in [0.29, 0.717) is 23.6 Å². The van der Waals surface area contributed by atoms with Crippen molar-refractivity contribution in [1.29, 1.82) is 0 Å². The highest BCUT2D eigenvalue weighted by molar-refractivity contribution is 5.57. The van der Waals surface area contributed by atoms with Gasteiger partial charge in [-0.05, 0) is 6.92 Å². The van der Waals surface area contributed by atoms with Crippen LogP contribution in [-0.2, 0) is 6.42 Å². The molecule has 0 bridgehead atoms. The van der Waals surface area contributed by atoms with E-state index in [1.165, 1.54) is 0 Å². The van der Waals surface area contributed by atoms with Gasteiger partial charge in [0.1, 0.15) is 17.5 Å². The van der Waals surface area contributed by atoms with E-state index in [1.54, 1.807) is 14.0 Å². The summed E-state index contributed by atoms with van der Waals surface area (Å²) in [5, 5.41) is 5.07. The number of nitrogens with zero attached hydrogens (tertiary/aromatic N) is 2. The lowest BCUT2D eigenvalue weighted by Gasteiger charge is -2.18. The van der Waals surface area contributed by atoms with Gasteiger partial charge in [0, 0.05) is 19.0 Å². The third-order valence-corrected chi connectivity index (χ3v) is 2.56. The number of alkyl halides is 4. The van der Waals surface area contributed by atoms with E-state index >= 15 is 0 Å². The highest BCUT2D eigenvalue weighted by atomic mass is 19.3. The summed E-state index contributed by atoms with van der Waals surface area (Å²) in [5.41, 5.74) is 0.504. The van der Waals surface area contributed by atoms with Gasteiger partial charge in [-0.1, -0.05) is 6.92 Å². The Morgan fingerprint density at radius 1 is 1.21 bits per heavy atom. The highest BCUT2D eigenvalue weighted by Crippen LogP contribution is 2.25. The Bertz CT molecular complexity index is 437. The minimum absolute atomic E-state index is 0.136. The third kappa shape index (κ3) is 3.68. The molecule has 0 fully saturated rings. The Morgan fingerprint density at radius 2 is 1.79 bits per heavy atom. The summed E-state index contributed by atoms with van der Waals surface area (Å²) in [6.45, 7) is 2.25. The molecule has 0 unspecified atom stereocenters. The molecule has 0 saturated carbocycles. The fraction of sp³-hybridized carbons (Fsp3) is 0.636. The second kappa shape index (κ2) is 6.03. The van der Waals surface area contributed by atoms with Crippen LogP contribution in [-0.4, -0.2) is 35.9 Å². The number of rotatable bonds is 6. The molecule has 2 N–H and O–H groups in total. The number of aryl methyl sites for hydroxylation is 1. The van der Waals surface area contributed by atoms with E-state index in [9.17, 15) is 17.6 Å². The second-order valence-corrected chi connectivity index (χ2v) is 3.98. The van der Waals surface area contributed by atoms with Crippen molar-refractivity contribution in [2.75, 3.05) is 24.2 Å². The maximum absolute atomic E-state index is 12.9. The fourth-order valence-corrected chi connectivity index (χ4v) is 1.42. The molecule has 0 spiro atoms. The molecule has 0 aromatic carbocycles. The SMILES string of the molecule is CCc1nc(NC)c(C)c(NCC(F)(F)C(F)F)n1. The molecule has 1 aromatic rings. The number of aromatic nitrogens is 2. The summed E-state index contributed by atoms with van der Waals surface area (Å²) in [5.74, 6) is -3.03. The van der Waals surface area contributed by atoms with Gasteiger partial charge in [-0.15, -0.1) is 0 Å². The Hall–Kier alpha value is -1.60. The van der Waals surface area contributed by atoms with E-state index in [2.05, 4.69) is 20.6 Å². The first kappa shape index (κ1) is 15.5. The molecule has 4 nitrogen and oxygen atoms in total. The summed E-state index contributed by atoms with van der Waals surface area (Å²) < 4.78 is 49.9. The van der Waals surface area contributed by atoms with Crippen LogP contribution in [0.3, 0.4) is 0 Å². The van der Waals surface area contributed by atoms with Crippen molar-refractivity contribution in [2.24, 2.45) is 0 Å². The second-order valence-electron chi connectivity index (χ2n) is 3.98. The van der Waals surface area contributed by atoms with E-state index < -0.39 is 18.9 Å². The van der Waals surface area contributed by atoms with Crippen LogP contribution in [0.25, 0.3) is 0 Å². The first-order chi connectivity index (χ1) is 8.81. The van der Waals surface area contributed by atoms with E-state index in [0.717, 1.165) is 0 Å². The molecule has 0 radical (unpaired) electrons. The van der Waals surface area contributed by atoms with Gasteiger partial charge in [0.05, 0.1) is 6.54 Å². The minimum Gasteiger partial charge on any atom is -0.373 e. The lowest BCUT2D eigenvalue weighted by molar-refractivity contribution is -0.117. The zero-order valence-electron chi connectivity index (χ0n) is 10.9. The van der Waals surface area contributed by atoms with Crippen LogP contribution in [0.5, 0.6) is 0 Å². The summed E-state index contributed by atoms with van der Waals surface area (Å²) in [4.78, 5) is 8.17. The van der Waals surface area contributed by atoms with Crippen LogP contribution < -0.4 is 10.6 Å². The zero-order chi connectivity index (χ0) is 14.6. The molecule has 1 aromatic heterocycles. The minimum atomic E-state index is -4.09. The number of nitrogens with one attached hydrogen (secondary N) is 2. The van der Waals surface area contributed by atoms with E-state index in [4.69, 9.17) is 0 Å². The van der Waals surface area contributed by atoms with Gasteiger partial charge in [0.15, 0.2) is 0 Å². The van der Waals surface area contributed by atoms with Crippen molar-refractivity contribution in [2.45, 2.75) is 32.6 Å². The van der Waals surface area contributed by atoms with Crippen LogP contribution in [0.4, 0.5) is 29.2 Å². The number of hydrogen-bond acceptors (Lipinski definition) is 4. The molecule has 1 heterocycles. The predicted molar refractivity (Wildman–Crippen MR) is 65.1 cm³/mol. The van der Waals surface area contributed by atoms with Gasteiger partial charge in [0.2, 0.25) is 0 Å². The summed E-state index contributed by atoms with van der Waals surface area (Å²) >= 11 is 0. The van der Waals surface area contributed by atoms with Crippen LogP contribution in [0.1, 0.15) is 18.3 Å². The molecule has 0 aliphatic rings. The van der Waals surface area contributed by atoms with E-state index in [1.807, 2.05) is 6.92 Å². The van der Waals surface area contributed by atoms with Crippen molar-refractivity contribution in [3.05, 3.63) is 11.4 Å². The Balaban J connectivity index is 2.94. The van der Waals surface area contributed by atoms with Gasteiger partial charge >= 0.3 is 12.3 Å². The molecular formula is C11H16F4N4. The molecule has 0 saturated heterocycles. The highest BCUT2D eigenvalue weighted by Gasteiger charge is 2.40. The Morgan fingerprint density at radius 3 is 2.26 bits per heavy atom. The zero-order valence-corrected chi connectivity index (χ0v) is 10.9. The Kier molecular flexibility index (Phi) is 4.90. The smallest absolute Gasteiger partial charge is 0.324 e. The molecule has 0 amide bonds. The maximum Gasteiger partial charge on any atom is 0.324 e. The van der Waals surface area contributed by atoms with Crippen LogP contribution in [0, 0.1) is 6.92 Å². The molecule has 0 aliphatic carbocycles. The van der Waals surface area contributed by atoms with Gasteiger partial charge in [-0.25, -0.2) is 18.7 Å². The monoisotopic (exact) mass is 280 g/mol. The lowest BCUT2D eigenvalue weighted by atomic mass is 10.2. The van der Waals surface area contributed by atoms with Gasteiger partial charge in [0.25, 0.3) is 0 Å². The van der Waals surface area contributed by atoms with Gasteiger partial charge < -0.3 is 10.6 Å². The van der Waals surface area contributed by atoms with Crippen molar-refractivity contribution in [3.8, 4) is 0 Å². The first-order valence-electron chi connectivity index (χ1n) is 5.77. The first-order valence-corrected chi connectivity index (χ1v) is 5.77. The lowest BCUT2D eigenvalue weighted by Crippen LogP contribution is -2.35. The van der Waals surface area contributed by atoms with Crippen molar-refractivity contribution in [3.63, 3.8) is 0 Å². The number of halogens is 4. The van der Waals surface area contributed by atoms with Gasteiger partial charge in [-0.3, -0.25) is 0 Å². The molecule has 108 valence electrons. The average molecular weight is 280 g/mol. The summed E-state index contributed by atoms with van der Waals surface area (Å²) in [7, 11) is 1.63. The maximum atomic E-state index is 12.9. The number of hydrogen-bond donors (Lipinski definition) is 2. The quantitative estimate of drug-likeness (QED) is 0.787. The summed E-state index contributed by atoms with van der Waals surface area (Å²) in [6.07, 6.45) is -3.20. The summed E-state index contributed by atoms with van der Waals surface area (Å²) in [6, 6.07) is 0. The number of anilines is 2. The van der Waals surface area contributed by atoms with Gasteiger partial charge in [-0.2, -0.15) is 8.78 Å². The largest absolute Gasteiger partial charge is 0.373 e. The standard InChI is InChI=1S/C11H16F4N4/c1-4-7-18-8(16-3)6(2)9(19-7)17-5-11(14,15)10(12)13/h10H,4-5H2,1-3H3,(H2,16,17,18,19). The molecule has 19 heavy (non-hydrogen) atoms. The topological polar surface area (TPSA) is 49.8 Å². The Labute approximate surface area is 108 Å². The van der Waals surface area contributed by atoms with Crippen LogP contribution in [0.2, 0.25) is 0 Å². The van der Waals surface area contributed by atoms with Crippen LogP contribution in [0.15, 0.2) is 0 Å². The van der Waals surface area contributed by atoms with Crippen LogP contribution >= 0.6 is 0 Å². The predicted octanol–water partition coefficient (Wildman–Crippen LogP) is 2.70. The molecule has 0 atom stereocenters. The average Bonchev–Trinajstić information content (AvgIpc) is 2.37. The third-order valence-electron chi connectivity index (χ3n) is 2.56. The fourth-order valence-electron chi connectivity index (χ4n) is 1.42. The van der Waals surface area contributed by atoms with E-state index in [-0.39, 0.29) is 5.82 Å². The van der Waals surface area contributed by atoms with Crippen molar-refractivity contribution >= 4 is 11.6 Å². The molecule has 0 aliphatic heterocycles. The normalized spacial score (nSPS) is 11.8. The van der Waals surface area contributed by atoms with Crippen molar-refractivity contribution < 1.29 is 17.6 Å². The molecule has 8 heteroatoms. The van der Waals surface area contributed by atoms with Crippen molar-refractivity contribution in [1.82, 2.24) is 9.97 Å². The molecule has 1 rings (SSSR count). The molecular weight excluding hydrogens is 264 g/mol.